The molecule has 0 spiro atoms. The summed E-state index contributed by atoms with van der Waals surface area (Å²) in [6.45, 7) is 5.92. The van der Waals surface area contributed by atoms with Gasteiger partial charge in [0, 0.05) is 5.56 Å². The summed E-state index contributed by atoms with van der Waals surface area (Å²) >= 11 is 0. The molecule has 0 radical (unpaired) electrons. The van der Waals surface area contributed by atoms with E-state index in [1.54, 1.807) is 0 Å². The fourth-order valence-corrected chi connectivity index (χ4v) is 1.88. The number of nitriles is 1. The fourth-order valence-electron chi connectivity index (χ4n) is 1.88. The van der Waals surface area contributed by atoms with E-state index in [2.05, 4.69) is 6.07 Å². The van der Waals surface area contributed by atoms with E-state index in [1.165, 1.54) is 0 Å². The normalized spacial score (nSPS) is 10.1. The average Bonchev–Trinajstić information content (AvgIpc) is 2.58. The Morgan fingerprint density at radius 2 is 1.81 bits per heavy atom. The van der Waals surface area contributed by atoms with E-state index in [0.717, 1.165) is 28.2 Å². The molecule has 2 aromatic rings. The minimum Gasteiger partial charge on any atom is -0.466 e. The lowest BCUT2D eigenvalue weighted by Crippen LogP contribution is -1.85. The lowest BCUT2D eigenvalue weighted by Gasteiger charge is -2.04. The van der Waals surface area contributed by atoms with Gasteiger partial charge in [0.2, 0.25) is 0 Å². The molecule has 0 saturated carbocycles. The van der Waals surface area contributed by atoms with Gasteiger partial charge in [-0.25, -0.2) is 0 Å². The minimum absolute atomic E-state index is 0.679. The molecule has 0 unspecified atom stereocenters. The second-order valence-corrected chi connectivity index (χ2v) is 3.97. The molecule has 16 heavy (non-hydrogen) atoms. The largest absolute Gasteiger partial charge is 0.466 e. The van der Waals surface area contributed by atoms with Crippen molar-refractivity contribution in [3.05, 3.63) is 46.9 Å². The lowest BCUT2D eigenvalue weighted by molar-refractivity contribution is 0.505. The molecule has 1 aromatic heterocycles. The van der Waals surface area contributed by atoms with Crippen LogP contribution >= 0.6 is 0 Å². The van der Waals surface area contributed by atoms with Crippen LogP contribution in [0.15, 0.2) is 28.7 Å². The highest BCUT2D eigenvalue weighted by molar-refractivity contribution is 5.70. The van der Waals surface area contributed by atoms with E-state index in [1.807, 2.05) is 45.0 Å². The third-order valence-corrected chi connectivity index (χ3v) is 2.70. The summed E-state index contributed by atoms with van der Waals surface area (Å²) in [5, 5.41) is 8.90. The molecule has 0 aliphatic rings. The second-order valence-electron chi connectivity index (χ2n) is 3.97. The van der Waals surface area contributed by atoms with Gasteiger partial charge in [-0.3, -0.25) is 0 Å². The zero-order valence-electron chi connectivity index (χ0n) is 9.66. The molecule has 0 atom stereocenters. The summed E-state index contributed by atoms with van der Waals surface area (Å²) in [6, 6.07) is 9.88. The molecule has 0 N–H and O–H groups in total. The topological polar surface area (TPSA) is 36.9 Å². The van der Waals surface area contributed by atoms with Gasteiger partial charge in [0.15, 0.2) is 0 Å². The molecule has 0 amide bonds. The molecule has 0 saturated heterocycles. The Labute approximate surface area is 95.1 Å². The van der Waals surface area contributed by atoms with Crippen molar-refractivity contribution in [1.29, 1.82) is 5.26 Å². The van der Waals surface area contributed by atoms with Gasteiger partial charge in [0.05, 0.1) is 11.6 Å². The van der Waals surface area contributed by atoms with Gasteiger partial charge in [0.1, 0.15) is 11.5 Å². The van der Waals surface area contributed by atoms with Crippen molar-refractivity contribution in [2.24, 2.45) is 0 Å². The van der Waals surface area contributed by atoms with Crippen molar-refractivity contribution in [2.75, 3.05) is 0 Å². The Hall–Kier alpha value is -2.01. The molecule has 80 valence electrons. The molecule has 0 aliphatic heterocycles. The van der Waals surface area contributed by atoms with Crippen LogP contribution in [0.1, 0.15) is 22.6 Å². The maximum Gasteiger partial charge on any atom is 0.108 e. The van der Waals surface area contributed by atoms with Crippen LogP contribution in [0.25, 0.3) is 11.1 Å². The molecule has 2 nitrogen and oxygen atoms in total. The van der Waals surface area contributed by atoms with Crippen LogP contribution in [0.3, 0.4) is 0 Å². The van der Waals surface area contributed by atoms with Crippen LogP contribution in [-0.4, -0.2) is 0 Å². The molecular weight excluding hydrogens is 198 g/mol. The number of hydrogen-bond donors (Lipinski definition) is 0. The maximum absolute atomic E-state index is 8.90. The number of benzene rings is 1. The van der Waals surface area contributed by atoms with Crippen LogP contribution in [0.5, 0.6) is 0 Å². The summed E-state index contributed by atoms with van der Waals surface area (Å²) in [6.07, 6.45) is 0. The third-order valence-electron chi connectivity index (χ3n) is 2.70. The first-order valence-electron chi connectivity index (χ1n) is 5.20. The monoisotopic (exact) mass is 211 g/mol. The molecule has 2 heteroatoms. The second kappa shape index (κ2) is 3.86. The Kier molecular flexibility index (Phi) is 2.54. The molecule has 2 rings (SSSR count). The number of aryl methyl sites for hydroxylation is 3. The van der Waals surface area contributed by atoms with Crippen molar-refractivity contribution in [1.82, 2.24) is 0 Å². The Balaban J connectivity index is 2.64. The minimum atomic E-state index is 0.679. The zero-order valence-corrected chi connectivity index (χ0v) is 9.66. The van der Waals surface area contributed by atoms with Gasteiger partial charge < -0.3 is 4.42 Å². The molecule has 0 bridgehead atoms. The molecule has 1 heterocycles. The Bertz CT molecular complexity index is 573. The van der Waals surface area contributed by atoms with E-state index >= 15 is 0 Å². The zero-order chi connectivity index (χ0) is 11.7. The quantitative estimate of drug-likeness (QED) is 0.720. The van der Waals surface area contributed by atoms with Crippen LogP contribution in [0, 0.1) is 32.1 Å². The fraction of sp³-hybridized carbons (Fsp3) is 0.214. The highest BCUT2D eigenvalue weighted by Crippen LogP contribution is 2.29. The smallest absolute Gasteiger partial charge is 0.108 e. The molecule has 0 fully saturated rings. The summed E-state index contributed by atoms with van der Waals surface area (Å²) < 4.78 is 5.51. The molecule has 1 aromatic carbocycles. The highest BCUT2D eigenvalue weighted by Gasteiger charge is 2.10. The van der Waals surface area contributed by atoms with E-state index in [4.69, 9.17) is 9.68 Å². The molecule has 0 aliphatic carbocycles. The van der Waals surface area contributed by atoms with Crippen LogP contribution in [0.4, 0.5) is 0 Å². The van der Waals surface area contributed by atoms with E-state index in [-0.39, 0.29) is 0 Å². The first kappa shape index (κ1) is 10.5. The maximum atomic E-state index is 8.90. The van der Waals surface area contributed by atoms with Crippen molar-refractivity contribution in [2.45, 2.75) is 20.8 Å². The first-order chi connectivity index (χ1) is 7.61. The number of rotatable bonds is 1. The summed E-state index contributed by atoms with van der Waals surface area (Å²) in [5.41, 5.74) is 3.99. The first-order valence-corrected chi connectivity index (χ1v) is 5.20. The van der Waals surface area contributed by atoms with Crippen LogP contribution in [0.2, 0.25) is 0 Å². The van der Waals surface area contributed by atoms with Crippen molar-refractivity contribution in [3.63, 3.8) is 0 Å². The third kappa shape index (κ3) is 1.72. The van der Waals surface area contributed by atoms with Gasteiger partial charge in [-0.15, -0.1) is 0 Å². The van der Waals surface area contributed by atoms with Crippen LogP contribution in [-0.2, 0) is 0 Å². The summed E-state index contributed by atoms with van der Waals surface area (Å²) in [7, 11) is 0. The van der Waals surface area contributed by atoms with Crippen molar-refractivity contribution >= 4 is 0 Å². The number of furan rings is 1. The molecular formula is C14H13NO. The van der Waals surface area contributed by atoms with Crippen molar-refractivity contribution in [3.8, 4) is 17.2 Å². The van der Waals surface area contributed by atoms with E-state index in [9.17, 15) is 0 Å². The standard InChI is InChI=1S/C14H13NO/c1-9-4-5-12(8-15)7-13(9)14-6-10(2)16-11(14)3/h4-7H,1-3H3. The van der Waals surface area contributed by atoms with Gasteiger partial charge in [-0.05, 0) is 50.1 Å². The van der Waals surface area contributed by atoms with Crippen molar-refractivity contribution < 1.29 is 4.42 Å². The van der Waals surface area contributed by atoms with E-state index < -0.39 is 0 Å². The Morgan fingerprint density at radius 3 is 2.38 bits per heavy atom. The summed E-state index contributed by atoms with van der Waals surface area (Å²) in [5.74, 6) is 1.80. The lowest BCUT2D eigenvalue weighted by atomic mass is 9.99. The predicted molar refractivity (Wildman–Crippen MR) is 63.1 cm³/mol. The van der Waals surface area contributed by atoms with Gasteiger partial charge >= 0.3 is 0 Å². The van der Waals surface area contributed by atoms with Crippen LogP contribution < -0.4 is 0 Å². The number of nitrogens with zero attached hydrogens (tertiary/aromatic N) is 1. The average molecular weight is 211 g/mol. The Morgan fingerprint density at radius 1 is 1.06 bits per heavy atom. The number of hydrogen-bond acceptors (Lipinski definition) is 2. The SMILES string of the molecule is Cc1cc(-c2cc(C#N)ccc2C)c(C)o1. The van der Waals surface area contributed by atoms with Gasteiger partial charge in [-0.1, -0.05) is 6.07 Å². The predicted octanol–water partition coefficient (Wildman–Crippen LogP) is 3.74. The van der Waals surface area contributed by atoms with Gasteiger partial charge in [0.25, 0.3) is 0 Å². The van der Waals surface area contributed by atoms with Gasteiger partial charge in [-0.2, -0.15) is 5.26 Å². The summed E-state index contributed by atoms with van der Waals surface area (Å²) in [4.78, 5) is 0. The highest BCUT2D eigenvalue weighted by atomic mass is 16.3. The van der Waals surface area contributed by atoms with E-state index in [0.29, 0.717) is 5.56 Å².